The van der Waals surface area contributed by atoms with E-state index >= 15 is 0 Å². The van der Waals surface area contributed by atoms with E-state index < -0.39 is 0 Å². The maximum Gasteiger partial charge on any atom is 0.282 e. The van der Waals surface area contributed by atoms with Crippen molar-refractivity contribution >= 4 is 23.1 Å². The molecule has 1 saturated heterocycles. The number of carbonyl (C=O) groups is 2. The van der Waals surface area contributed by atoms with Gasteiger partial charge in [-0.15, -0.1) is 0 Å². The first-order valence-electron chi connectivity index (χ1n) is 10.8. The lowest BCUT2D eigenvalue weighted by molar-refractivity contribution is -0.120. The van der Waals surface area contributed by atoms with Crippen LogP contribution >= 0.6 is 0 Å². The molecule has 0 saturated carbocycles. The van der Waals surface area contributed by atoms with E-state index in [1.807, 2.05) is 48.2 Å². The van der Waals surface area contributed by atoms with E-state index in [0.717, 1.165) is 49.2 Å². The fourth-order valence-corrected chi connectivity index (χ4v) is 4.14. The van der Waals surface area contributed by atoms with Crippen LogP contribution in [0.25, 0.3) is 5.57 Å². The summed E-state index contributed by atoms with van der Waals surface area (Å²) in [5.74, 6) is 0.635. The summed E-state index contributed by atoms with van der Waals surface area (Å²) in [5.41, 5.74) is 3.07. The number of nitrogens with zero attached hydrogens (tertiary/aromatic N) is 2. The SMILES string of the molecule is CCCOc1ccc(C2=C(N3CCCC3)C(=O)N(c3cc(C)ccc3OC)C2=O)cc1. The number of likely N-dealkylation sites (tertiary alicyclic amines) is 1. The lowest BCUT2D eigenvalue weighted by Gasteiger charge is -2.21. The minimum Gasteiger partial charge on any atom is -0.495 e. The van der Waals surface area contributed by atoms with E-state index in [2.05, 4.69) is 6.92 Å². The normalized spacial score (nSPS) is 16.5. The Morgan fingerprint density at radius 3 is 2.32 bits per heavy atom. The highest BCUT2D eigenvalue weighted by atomic mass is 16.5. The second-order valence-electron chi connectivity index (χ2n) is 7.91. The Bertz CT molecular complexity index is 1020. The molecule has 31 heavy (non-hydrogen) atoms. The molecule has 2 amide bonds. The zero-order chi connectivity index (χ0) is 22.0. The van der Waals surface area contributed by atoms with Crippen molar-refractivity contribution in [2.75, 3.05) is 31.7 Å². The van der Waals surface area contributed by atoms with Gasteiger partial charge in [0.25, 0.3) is 11.8 Å². The van der Waals surface area contributed by atoms with Gasteiger partial charge in [-0.25, -0.2) is 4.90 Å². The fourth-order valence-electron chi connectivity index (χ4n) is 4.14. The number of hydrogen-bond donors (Lipinski definition) is 0. The van der Waals surface area contributed by atoms with Crippen LogP contribution in [-0.2, 0) is 9.59 Å². The molecule has 0 radical (unpaired) electrons. The highest BCUT2D eigenvalue weighted by Crippen LogP contribution is 2.40. The molecule has 0 unspecified atom stereocenters. The number of methoxy groups -OCH3 is 1. The van der Waals surface area contributed by atoms with Crippen LogP contribution in [0.1, 0.15) is 37.3 Å². The van der Waals surface area contributed by atoms with Gasteiger partial charge >= 0.3 is 0 Å². The molecule has 0 bridgehead atoms. The van der Waals surface area contributed by atoms with E-state index in [1.54, 1.807) is 13.2 Å². The Balaban J connectivity index is 1.78. The summed E-state index contributed by atoms with van der Waals surface area (Å²) in [6, 6.07) is 12.9. The molecular formula is C25H28N2O4. The number of ether oxygens (including phenoxy) is 2. The van der Waals surface area contributed by atoms with Gasteiger partial charge in [0, 0.05) is 13.1 Å². The lowest BCUT2D eigenvalue weighted by atomic mass is 10.0. The Kier molecular flexibility index (Phi) is 5.98. The Morgan fingerprint density at radius 2 is 1.68 bits per heavy atom. The van der Waals surface area contributed by atoms with Gasteiger partial charge in [-0.3, -0.25) is 9.59 Å². The number of hydrogen-bond acceptors (Lipinski definition) is 5. The summed E-state index contributed by atoms with van der Waals surface area (Å²) < 4.78 is 11.1. The van der Waals surface area contributed by atoms with Crippen molar-refractivity contribution in [3.63, 3.8) is 0 Å². The van der Waals surface area contributed by atoms with Gasteiger partial charge in [0.1, 0.15) is 17.2 Å². The highest BCUT2D eigenvalue weighted by Gasteiger charge is 2.44. The minimum atomic E-state index is -0.321. The van der Waals surface area contributed by atoms with Crippen LogP contribution < -0.4 is 14.4 Å². The Morgan fingerprint density at radius 1 is 0.968 bits per heavy atom. The number of anilines is 1. The molecule has 2 aromatic rings. The van der Waals surface area contributed by atoms with Crippen LogP contribution in [0, 0.1) is 6.92 Å². The molecule has 2 aliphatic heterocycles. The van der Waals surface area contributed by atoms with E-state index in [4.69, 9.17) is 9.47 Å². The minimum absolute atomic E-state index is 0.294. The van der Waals surface area contributed by atoms with Crippen molar-refractivity contribution < 1.29 is 19.1 Å². The van der Waals surface area contributed by atoms with E-state index in [1.165, 1.54) is 4.90 Å². The summed E-state index contributed by atoms with van der Waals surface area (Å²) in [5, 5.41) is 0. The van der Waals surface area contributed by atoms with Gasteiger partial charge in [0.05, 0.1) is 25.0 Å². The number of carbonyl (C=O) groups excluding carboxylic acids is 2. The first-order valence-corrected chi connectivity index (χ1v) is 10.8. The number of imide groups is 1. The highest BCUT2D eigenvalue weighted by molar-refractivity contribution is 6.45. The number of benzene rings is 2. The molecule has 162 valence electrons. The van der Waals surface area contributed by atoms with Crippen molar-refractivity contribution in [2.45, 2.75) is 33.1 Å². The van der Waals surface area contributed by atoms with Gasteiger partial charge in [0.15, 0.2) is 0 Å². The molecule has 1 fully saturated rings. The zero-order valence-electron chi connectivity index (χ0n) is 18.3. The van der Waals surface area contributed by atoms with Crippen molar-refractivity contribution in [1.29, 1.82) is 0 Å². The summed E-state index contributed by atoms with van der Waals surface area (Å²) >= 11 is 0. The summed E-state index contributed by atoms with van der Waals surface area (Å²) in [6.45, 7) is 6.17. The van der Waals surface area contributed by atoms with E-state index in [0.29, 0.717) is 29.3 Å². The smallest absolute Gasteiger partial charge is 0.282 e. The predicted octanol–water partition coefficient (Wildman–Crippen LogP) is 4.17. The molecule has 2 aliphatic rings. The van der Waals surface area contributed by atoms with Crippen LogP contribution in [-0.4, -0.2) is 43.5 Å². The van der Waals surface area contributed by atoms with E-state index in [9.17, 15) is 9.59 Å². The largest absolute Gasteiger partial charge is 0.495 e. The third-order valence-corrected chi connectivity index (χ3v) is 5.67. The molecule has 2 heterocycles. The quantitative estimate of drug-likeness (QED) is 0.629. The maximum absolute atomic E-state index is 13.7. The second-order valence-corrected chi connectivity index (χ2v) is 7.91. The van der Waals surface area contributed by atoms with Crippen molar-refractivity contribution in [3.05, 3.63) is 59.3 Å². The molecule has 4 rings (SSSR count). The molecule has 0 atom stereocenters. The topological polar surface area (TPSA) is 59.1 Å². The molecule has 0 aromatic heterocycles. The Hall–Kier alpha value is -3.28. The molecule has 6 heteroatoms. The molecule has 0 spiro atoms. The summed E-state index contributed by atoms with van der Waals surface area (Å²) in [6.07, 6.45) is 2.94. The maximum atomic E-state index is 13.7. The van der Waals surface area contributed by atoms with Crippen molar-refractivity contribution in [3.8, 4) is 11.5 Å². The Labute approximate surface area is 183 Å². The zero-order valence-corrected chi connectivity index (χ0v) is 18.3. The van der Waals surface area contributed by atoms with Gasteiger partial charge < -0.3 is 14.4 Å². The monoisotopic (exact) mass is 420 g/mol. The molecule has 0 aliphatic carbocycles. The van der Waals surface area contributed by atoms with Gasteiger partial charge in [-0.1, -0.05) is 25.1 Å². The summed E-state index contributed by atoms with van der Waals surface area (Å²) in [7, 11) is 1.55. The van der Waals surface area contributed by atoms with Crippen LogP contribution in [0.2, 0.25) is 0 Å². The number of rotatable bonds is 7. The van der Waals surface area contributed by atoms with Crippen LogP contribution in [0.3, 0.4) is 0 Å². The van der Waals surface area contributed by atoms with Gasteiger partial charge in [-0.05, 0) is 61.6 Å². The third-order valence-electron chi connectivity index (χ3n) is 5.67. The number of amides is 2. The molecular weight excluding hydrogens is 392 g/mol. The standard InChI is InChI=1S/C25H28N2O4/c1-4-15-31-19-10-8-18(9-11-19)22-23(26-13-5-6-14-26)25(29)27(24(22)28)20-16-17(2)7-12-21(20)30-3/h7-12,16H,4-6,13-15H2,1-3H3. The fraction of sp³-hybridized carbons (Fsp3) is 0.360. The van der Waals surface area contributed by atoms with Crippen LogP contribution in [0.5, 0.6) is 11.5 Å². The average molecular weight is 421 g/mol. The van der Waals surface area contributed by atoms with Crippen molar-refractivity contribution in [1.82, 2.24) is 4.90 Å². The predicted molar refractivity (Wildman–Crippen MR) is 120 cm³/mol. The van der Waals surface area contributed by atoms with Crippen molar-refractivity contribution in [2.24, 2.45) is 0 Å². The summed E-state index contributed by atoms with van der Waals surface area (Å²) in [4.78, 5) is 30.6. The first kappa shape index (κ1) is 21.0. The van der Waals surface area contributed by atoms with Gasteiger partial charge in [0.2, 0.25) is 0 Å². The van der Waals surface area contributed by atoms with E-state index in [-0.39, 0.29) is 11.8 Å². The third kappa shape index (κ3) is 3.90. The number of aryl methyl sites for hydroxylation is 1. The molecule has 2 aromatic carbocycles. The second kappa shape index (κ2) is 8.84. The average Bonchev–Trinajstić information content (AvgIpc) is 3.38. The van der Waals surface area contributed by atoms with Crippen LogP contribution in [0.15, 0.2) is 48.2 Å². The lowest BCUT2D eigenvalue weighted by Crippen LogP contribution is -2.34. The van der Waals surface area contributed by atoms with Crippen LogP contribution in [0.4, 0.5) is 5.69 Å². The van der Waals surface area contributed by atoms with Gasteiger partial charge in [-0.2, -0.15) is 0 Å². The molecule has 0 N–H and O–H groups in total. The molecule has 6 nitrogen and oxygen atoms in total. The first-order chi connectivity index (χ1) is 15.0.